The first kappa shape index (κ1) is 12.3. The van der Waals surface area contributed by atoms with Gasteiger partial charge in [-0.2, -0.15) is 4.68 Å². The Hall–Kier alpha value is -2.70. The number of aromatic nitrogens is 4. The molecule has 0 bridgehead atoms. The van der Waals surface area contributed by atoms with Crippen LogP contribution < -0.4 is 5.32 Å². The van der Waals surface area contributed by atoms with Gasteiger partial charge in [-0.25, -0.2) is 4.79 Å². The number of hydrogen-bond acceptors (Lipinski definition) is 6. The van der Waals surface area contributed by atoms with Crippen LogP contribution in [-0.4, -0.2) is 33.3 Å². The van der Waals surface area contributed by atoms with Crippen LogP contribution in [0.1, 0.15) is 18.5 Å². The van der Waals surface area contributed by atoms with Crippen molar-refractivity contribution in [1.82, 2.24) is 20.2 Å². The number of anilines is 1. The second-order valence-corrected chi connectivity index (χ2v) is 4.42. The van der Waals surface area contributed by atoms with Crippen LogP contribution in [0.25, 0.3) is 0 Å². The molecule has 7 heteroatoms. The van der Waals surface area contributed by atoms with Crippen molar-refractivity contribution in [3.63, 3.8) is 0 Å². The molecule has 1 atom stereocenters. The highest BCUT2D eigenvalue weighted by Crippen LogP contribution is 2.34. The van der Waals surface area contributed by atoms with Crippen LogP contribution in [-0.2, 0) is 9.53 Å². The lowest BCUT2D eigenvalue weighted by molar-refractivity contribution is -0.136. The number of ether oxygens (including phenoxy) is 1. The van der Waals surface area contributed by atoms with Crippen LogP contribution in [0.4, 0.5) is 5.95 Å². The molecule has 2 aromatic rings. The summed E-state index contributed by atoms with van der Waals surface area (Å²) in [6, 6.07) is 9.20. The van der Waals surface area contributed by atoms with E-state index in [9.17, 15) is 4.79 Å². The fourth-order valence-corrected chi connectivity index (χ4v) is 2.33. The number of fused-ring (bicyclic) bond motifs is 1. The number of nitrogens with one attached hydrogen (secondary N) is 1. The lowest BCUT2D eigenvalue weighted by atomic mass is 9.96. The number of carbonyl (C=O) groups is 1. The molecule has 0 radical (unpaired) electrons. The van der Waals surface area contributed by atoms with Gasteiger partial charge in [0.15, 0.2) is 0 Å². The third kappa shape index (κ3) is 1.83. The Morgan fingerprint density at radius 3 is 2.80 bits per heavy atom. The minimum absolute atomic E-state index is 0.394. The molecule has 0 saturated heterocycles. The lowest BCUT2D eigenvalue weighted by Gasteiger charge is -2.26. The van der Waals surface area contributed by atoms with Gasteiger partial charge < -0.3 is 10.1 Å². The van der Waals surface area contributed by atoms with E-state index in [1.165, 1.54) is 7.11 Å². The van der Waals surface area contributed by atoms with Gasteiger partial charge in [0.2, 0.25) is 5.95 Å². The Bertz CT molecular complexity index is 677. The van der Waals surface area contributed by atoms with Gasteiger partial charge in [-0.15, -0.1) is 0 Å². The number of nitrogens with zero attached hydrogens (tertiary/aromatic N) is 4. The minimum atomic E-state index is -0.398. The van der Waals surface area contributed by atoms with Gasteiger partial charge in [0, 0.05) is 5.70 Å². The van der Waals surface area contributed by atoms with E-state index in [0.29, 0.717) is 17.2 Å². The fraction of sp³-hybridized carbons (Fsp3) is 0.231. The van der Waals surface area contributed by atoms with Crippen LogP contribution in [0.2, 0.25) is 0 Å². The molecule has 1 unspecified atom stereocenters. The molecule has 1 aromatic carbocycles. The second kappa shape index (κ2) is 4.76. The summed E-state index contributed by atoms with van der Waals surface area (Å²) in [5, 5.41) is 14.5. The molecule has 1 aliphatic heterocycles. The average molecular weight is 271 g/mol. The molecule has 2 heterocycles. The summed E-state index contributed by atoms with van der Waals surface area (Å²) in [6.45, 7) is 1.81. The van der Waals surface area contributed by atoms with Crippen molar-refractivity contribution in [3.8, 4) is 0 Å². The predicted octanol–water partition coefficient (Wildman–Crippen LogP) is 1.13. The molecule has 0 spiro atoms. The van der Waals surface area contributed by atoms with E-state index < -0.39 is 12.0 Å². The Morgan fingerprint density at radius 2 is 2.10 bits per heavy atom. The summed E-state index contributed by atoms with van der Waals surface area (Å²) >= 11 is 0. The third-order valence-electron chi connectivity index (χ3n) is 3.23. The maximum Gasteiger partial charge on any atom is 0.338 e. The molecular formula is C13H13N5O2. The van der Waals surface area contributed by atoms with Crippen molar-refractivity contribution in [1.29, 1.82) is 0 Å². The van der Waals surface area contributed by atoms with Crippen molar-refractivity contribution in [2.45, 2.75) is 13.0 Å². The predicted molar refractivity (Wildman–Crippen MR) is 70.7 cm³/mol. The van der Waals surface area contributed by atoms with Gasteiger partial charge in [0.25, 0.3) is 0 Å². The molecule has 3 rings (SSSR count). The molecule has 1 aromatic heterocycles. The van der Waals surface area contributed by atoms with Gasteiger partial charge in [-0.05, 0) is 22.9 Å². The maximum atomic E-state index is 12.1. The zero-order valence-corrected chi connectivity index (χ0v) is 11.1. The largest absolute Gasteiger partial charge is 0.466 e. The van der Waals surface area contributed by atoms with Gasteiger partial charge in [-0.1, -0.05) is 35.4 Å². The number of esters is 1. The smallest absolute Gasteiger partial charge is 0.338 e. The first-order valence-corrected chi connectivity index (χ1v) is 6.11. The summed E-state index contributed by atoms with van der Waals surface area (Å²) in [6.07, 6.45) is 0. The van der Waals surface area contributed by atoms with E-state index in [1.807, 2.05) is 30.3 Å². The second-order valence-electron chi connectivity index (χ2n) is 4.42. The zero-order valence-electron chi connectivity index (χ0n) is 11.1. The van der Waals surface area contributed by atoms with E-state index in [-0.39, 0.29) is 0 Å². The molecule has 1 aliphatic rings. The van der Waals surface area contributed by atoms with E-state index in [2.05, 4.69) is 20.8 Å². The van der Waals surface area contributed by atoms with E-state index in [1.54, 1.807) is 11.6 Å². The average Bonchev–Trinajstić information content (AvgIpc) is 2.93. The summed E-state index contributed by atoms with van der Waals surface area (Å²) in [7, 11) is 1.36. The monoisotopic (exact) mass is 271 g/mol. The van der Waals surface area contributed by atoms with Crippen molar-refractivity contribution in [2.75, 3.05) is 12.4 Å². The van der Waals surface area contributed by atoms with Crippen LogP contribution in [0.5, 0.6) is 0 Å². The number of rotatable bonds is 2. The molecule has 0 amide bonds. The quantitative estimate of drug-likeness (QED) is 0.825. The van der Waals surface area contributed by atoms with Crippen molar-refractivity contribution >= 4 is 11.9 Å². The zero-order chi connectivity index (χ0) is 14.1. The van der Waals surface area contributed by atoms with Crippen LogP contribution in [0.3, 0.4) is 0 Å². The van der Waals surface area contributed by atoms with Crippen molar-refractivity contribution < 1.29 is 9.53 Å². The van der Waals surface area contributed by atoms with E-state index in [0.717, 1.165) is 5.56 Å². The molecule has 0 aliphatic carbocycles. The first-order chi connectivity index (χ1) is 9.72. The molecule has 0 saturated carbocycles. The van der Waals surface area contributed by atoms with Crippen molar-refractivity contribution in [3.05, 3.63) is 47.2 Å². The summed E-state index contributed by atoms with van der Waals surface area (Å²) in [4.78, 5) is 12.1. The number of methoxy groups -OCH3 is 1. The van der Waals surface area contributed by atoms with Crippen LogP contribution >= 0.6 is 0 Å². The van der Waals surface area contributed by atoms with Gasteiger partial charge in [0.05, 0.1) is 12.7 Å². The first-order valence-electron chi connectivity index (χ1n) is 6.11. The normalized spacial score (nSPS) is 17.4. The molecule has 102 valence electrons. The standard InChI is InChI=1S/C13H13N5O2/c1-8-10(12(19)20-2)11(9-6-4-3-5-7-9)18-13(14-8)15-16-17-18/h3-7,11H,1-2H3,(H,14,15,17). The molecule has 0 fully saturated rings. The topological polar surface area (TPSA) is 81.9 Å². The molecule has 20 heavy (non-hydrogen) atoms. The SMILES string of the molecule is COC(=O)C1=C(C)Nc2nnnn2C1c1ccccc1. The van der Waals surface area contributed by atoms with Crippen LogP contribution in [0, 0.1) is 0 Å². The summed E-state index contributed by atoms with van der Waals surface area (Å²) in [5.41, 5.74) is 2.11. The third-order valence-corrected chi connectivity index (χ3v) is 3.23. The fourth-order valence-electron chi connectivity index (χ4n) is 2.33. The number of tetrazole rings is 1. The van der Waals surface area contributed by atoms with Gasteiger partial charge in [0.1, 0.15) is 6.04 Å². The molecule has 1 N–H and O–H groups in total. The van der Waals surface area contributed by atoms with Gasteiger partial charge in [-0.3, -0.25) is 0 Å². The number of hydrogen-bond donors (Lipinski definition) is 1. The number of carbonyl (C=O) groups excluding carboxylic acids is 1. The molecule has 7 nitrogen and oxygen atoms in total. The Labute approximate surface area is 115 Å². The van der Waals surface area contributed by atoms with E-state index in [4.69, 9.17) is 4.74 Å². The maximum absolute atomic E-state index is 12.1. The van der Waals surface area contributed by atoms with Crippen molar-refractivity contribution in [2.24, 2.45) is 0 Å². The highest BCUT2D eigenvalue weighted by Gasteiger charge is 2.34. The van der Waals surface area contributed by atoms with E-state index >= 15 is 0 Å². The lowest BCUT2D eigenvalue weighted by Crippen LogP contribution is -2.29. The number of allylic oxidation sites excluding steroid dienone is 1. The number of benzene rings is 1. The Morgan fingerprint density at radius 1 is 1.35 bits per heavy atom. The summed E-state index contributed by atoms with van der Waals surface area (Å²) < 4.78 is 6.46. The Balaban J connectivity index is 2.19. The highest BCUT2D eigenvalue weighted by molar-refractivity contribution is 5.92. The van der Waals surface area contributed by atoms with Gasteiger partial charge >= 0.3 is 5.97 Å². The molecular weight excluding hydrogens is 258 g/mol. The minimum Gasteiger partial charge on any atom is -0.466 e. The van der Waals surface area contributed by atoms with Crippen LogP contribution in [0.15, 0.2) is 41.6 Å². The Kier molecular flexibility index (Phi) is 2.94. The highest BCUT2D eigenvalue weighted by atomic mass is 16.5. The summed E-state index contributed by atoms with van der Waals surface area (Å²) in [5.74, 6) is 0.106.